The highest BCUT2D eigenvalue weighted by Gasteiger charge is 2.20. The average molecular weight is 505 g/mol. The molecule has 2 aromatic rings. The predicted molar refractivity (Wildman–Crippen MR) is 127 cm³/mol. The number of rotatable bonds is 6. The lowest BCUT2D eigenvalue weighted by Crippen LogP contribution is -2.36. The van der Waals surface area contributed by atoms with Crippen molar-refractivity contribution < 1.29 is 37.9 Å². The first-order valence-corrected chi connectivity index (χ1v) is 11.2. The molecule has 0 bridgehead atoms. The zero-order valence-electron chi connectivity index (χ0n) is 19.4. The van der Waals surface area contributed by atoms with Crippen LogP contribution in [0.1, 0.15) is 23.7 Å². The molecule has 13 heteroatoms. The van der Waals surface area contributed by atoms with Crippen molar-refractivity contribution in [1.29, 1.82) is 0 Å². The van der Waals surface area contributed by atoms with Crippen molar-refractivity contribution >= 4 is 52.6 Å². The van der Waals surface area contributed by atoms with Crippen molar-refractivity contribution in [3.63, 3.8) is 0 Å². The number of esters is 1. The lowest BCUT2D eigenvalue weighted by Gasteiger charge is -2.17. The molecule has 35 heavy (non-hydrogen) atoms. The second kappa shape index (κ2) is 13.0. The van der Waals surface area contributed by atoms with Crippen molar-refractivity contribution in [3.05, 3.63) is 48.0 Å². The summed E-state index contributed by atoms with van der Waals surface area (Å²) >= 11 is -1.66. The average Bonchev–Trinajstić information content (AvgIpc) is 2.88. The number of carbonyl (C=O) groups excluding carboxylic acids is 4. The van der Waals surface area contributed by atoms with Gasteiger partial charge in [0.1, 0.15) is 0 Å². The number of anilines is 2. The van der Waals surface area contributed by atoms with Crippen LogP contribution in [0.3, 0.4) is 0 Å². The van der Waals surface area contributed by atoms with Crippen molar-refractivity contribution in [2.45, 2.75) is 23.1 Å². The van der Waals surface area contributed by atoms with E-state index < -0.39 is 29.3 Å². The van der Waals surface area contributed by atoms with E-state index in [0.717, 1.165) is 14.2 Å². The van der Waals surface area contributed by atoms with Gasteiger partial charge in [0.15, 0.2) is 9.79 Å². The first-order chi connectivity index (χ1) is 16.7. The molecule has 0 fully saturated rings. The fraction of sp³-hybridized carbons (Fsp3) is 0.227. The first kappa shape index (κ1) is 27.1. The molecule has 0 aliphatic heterocycles. The van der Waals surface area contributed by atoms with E-state index in [1.165, 1.54) is 49.6 Å². The van der Waals surface area contributed by atoms with E-state index in [9.17, 15) is 23.7 Å². The van der Waals surface area contributed by atoms with Crippen LogP contribution in [0.2, 0.25) is 0 Å². The highest BCUT2D eigenvalue weighted by Crippen LogP contribution is 2.29. The number of methoxy groups -OCH3 is 3. The van der Waals surface area contributed by atoms with Crippen LogP contribution in [0.5, 0.6) is 0 Å². The topological polar surface area (TPSA) is 167 Å². The largest absolute Gasteiger partial charge is 0.606 e. The van der Waals surface area contributed by atoms with Crippen molar-refractivity contribution in [2.24, 2.45) is 4.99 Å². The van der Waals surface area contributed by atoms with Gasteiger partial charge in [-0.3, -0.25) is 10.1 Å². The van der Waals surface area contributed by atoms with Gasteiger partial charge < -0.3 is 29.4 Å². The SMILES string of the molecule is CCC(=O)Nc1cc([S+]([O-])c2ccc(C(=O)OC)cc2)ccc1NC(=NC(=O)OC)NC(=O)OC. The maximum Gasteiger partial charge on any atom is 0.436 e. The van der Waals surface area contributed by atoms with Crippen LogP contribution in [-0.4, -0.2) is 55.9 Å². The van der Waals surface area contributed by atoms with Gasteiger partial charge in [-0.25, -0.2) is 14.4 Å². The number of amides is 3. The lowest BCUT2D eigenvalue weighted by atomic mass is 10.2. The molecule has 0 heterocycles. The molecule has 0 aliphatic rings. The molecule has 0 aromatic heterocycles. The van der Waals surface area contributed by atoms with Crippen LogP contribution in [0.25, 0.3) is 0 Å². The summed E-state index contributed by atoms with van der Waals surface area (Å²) in [7, 11) is 3.49. The number of benzene rings is 2. The summed E-state index contributed by atoms with van der Waals surface area (Å²) in [6.45, 7) is 1.65. The van der Waals surface area contributed by atoms with Crippen molar-refractivity contribution in [3.8, 4) is 0 Å². The Morgan fingerprint density at radius 3 is 2.11 bits per heavy atom. The summed E-state index contributed by atoms with van der Waals surface area (Å²) in [5, 5.41) is 7.60. The van der Waals surface area contributed by atoms with Gasteiger partial charge in [-0.15, -0.1) is 4.99 Å². The Kier molecular flexibility index (Phi) is 10.1. The quantitative estimate of drug-likeness (QED) is 0.176. The highest BCUT2D eigenvalue weighted by molar-refractivity contribution is 7.91. The molecule has 2 aromatic carbocycles. The molecule has 0 aliphatic carbocycles. The van der Waals surface area contributed by atoms with Crippen molar-refractivity contribution in [2.75, 3.05) is 32.0 Å². The third-order valence-electron chi connectivity index (χ3n) is 4.33. The van der Waals surface area contributed by atoms with Gasteiger partial charge in [0.25, 0.3) is 0 Å². The second-order valence-electron chi connectivity index (χ2n) is 6.57. The molecule has 12 nitrogen and oxygen atoms in total. The summed E-state index contributed by atoms with van der Waals surface area (Å²) in [5.74, 6) is -1.19. The Bertz CT molecular complexity index is 1120. The third kappa shape index (κ3) is 7.72. The van der Waals surface area contributed by atoms with Crippen LogP contribution in [-0.2, 0) is 30.2 Å². The number of guanidine groups is 1. The summed E-state index contributed by atoms with van der Waals surface area (Å²) in [6.07, 6.45) is -1.76. The third-order valence-corrected chi connectivity index (χ3v) is 5.71. The Hall–Kier alpha value is -4.10. The highest BCUT2D eigenvalue weighted by atomic mass is 32.2. The zero-order chi connectivity index (χ0) is 26.0. The molecule has 1 unspecified atom stereocenters. The van der Waals surface area contributed by atoms with Gasteiger partial charge in [0.2, 0.25) is 11.9 Å². The van der Waals surface area contributed by atoms with Gasteiger partial charge in [-0.05, 0) is 36.4 Å². The number of hydrogen-bond acceptors (Lipinski definition) is 8. The normalized spacial score (nSPS) is 11.6. The Labute approximate surface area is 204 Å². The fourth-order valence-corrected chi connectivity index (χ4v) is 3.63. The smallest absolute Gasteiger partial charge is 0.436 e. The number of nitrogens with zero attached hydrogens (tertiary/aromatic N) is 1. The molecule has 0 radical (unpaired) electrons. The first-order valence-electron chi connectivity index (χ1n) is 10.0. The summed E-state index contributed by atoms with van der Waals surface area (Å²) < 4.78 is 26.8. The van der Waals surface area contributed by atoms with Crippen LogP contribution >= 0.6 is 0 Å². The summed E-state index contributed by atoms with van der Waals surface area (Å²) in [4.78, 5) is 51.3. The Morgan fingerprint density at radius 1 is 0.886 bits per heavy atom. The van der Waals surface area contributed by atoms with Gasteiger partial charge in [0, 0.05) is 23.7 Å². The van der Waals surface area contributed by atoms with E-state index in [2.05, 4.69) is 35.2 Å². The minimum absolute atomic E-state index is 0.158. The zero-order valence-corrected chi connectivity index (χ0v) is 20.2. The van der Waals surface area contributed by atoms with Crippen LogP contribution in [0.15, 0.2) is 57.2 Å². The summed E-state index contributed by atoms with van der Waals surface area (Å²) in [6, 6.07) is 10.5. The molecule has 2 rings (SSSR count). The number of ether oxygens (including phenoxy) is 3. The van der Waals surface area contributed by atoms with E-state index in [-0.39, 0.29) is 29.7 Å². The lowest BCUT2D eigenvalue weighted by molar-refractivity contribution is -0.115. The van der Waals surface area contributed by atoms with E-state index in [4.69, 9.17) is 0 Å². The number of hydrogen-bond donors (Lipinski definition) is 3. The van der Waals surface area contributed by atoms with Gasteiger partial charge >= 0.3 is 18.2 Å². The maximum absolute atomic E-state index is 13.1. The summed E-state index contributed by atoms with van der Waals surface area (Å²) in [5.41, 5.74) is 0.741. The van der Waals surface area contributed by atoms with Gasteiger partial charge in [0.05, 0.1) is 38.3 Å². The van der Waals surface area contributed by atoms with Gasteiger partial charge in [-0.2, -0.15) is 0 Å². The minimum Gasteiger partial charge on any atom is -0.606 e. The molecule has 0 saturated heterocycles. The van der Waals surface area contributed by atoms with Gasteiger partial charge in [-0.1, -0.05) is 6.92 Å². The second-order valence-corrected chi connectivity index (χ2v) is 8.05. The molecular formula is C22H24N4O8S. The fourth-order valence-electron chi connectivity index (χ4n) is 2.56. The number of alkyl carbamates (subject to hydrolysis) is 1. The molecule has 3 N–H and O–H groups in total. The molecule has 0 spiro atoms. The number of carbonyl (C=O) groups is 4. The molecule has 0 saturated carbocycles. The van der Waals surface area contributed by atoms with E-state index in [1.54, 1.807) is 6.92 Å². The molecule has 1 atom stereocenters. The van der Waals surface area contributed by atoms with E-state index >= 15 is 0 Å². The number of nitrogens with one attached hydrogen (secondary N) is 3. The standard InChI is InChI=1S/C22H24N4O8S/c1-5-18(27)23-17-12-15(35(31)14-8-6-13(7-9-14)19(28)32-2)10-11-16(17)24-20(25-21(29)33-3)26-22(30)34-4/h6-12H,5H2,1-4H3,(H,23,27)(H2,24,25,26,29,30). The number of aliphatic imine (C=N–C) groups is 1. The maximum atomic E-state index is 13.1. The van der Waals surface area contributed by atoms with E-state index in [1.807, 2.05) is 0 Å². The van der Waals surface area contributed by atoms with Crippen molar-refractivity contribution in [1.82, 2.24) is 5.32 Å². The predicted octanol–water partition coefficient (Wildman–Crippen LogP) is 2.88. The Morgan fingerprint density at radius 2 is 1.54 bits per heavy atom. The monoisotopic (exact) mass is 504 g/mol. The van der Waals surface area contributed by atoms with E-state index in [0.29, 0.717) is 15.4 Å². The molecule has 3 amide bonds. The van der Waals surface area contributed by atoms with Crippen LogP contribution < -0.4 is 16.0 Å². The molecular weight excluding hydrogens is 480 g/mol. The van der Waals surface area contributed by atoms with Crippen LogP contribution in [0, 0.1) is 0 Å². The molecule has 186 valence electrons. The Balaban J connectivity index is 2.41. The minimum atomic E-state index is -1.66. The van der Waals surface area contributed by atoms with Crippen LogP contribution in [0.4, 0.5) is 21.0 Å².